The first-order valence-corrected chi connectivity index (χ1v) is 12.2. The summed E-state index contributed by atoms with van der Waals surface area (Å²) < 4.78 is 27.1. The number of carbonyl (C=O) groups is 3. The van der Waals surface area contributed by atoms with Gasteiger partial charge in [-0.05, 0) is 50.6 Å². The smallest absolute Gasteiger partial charge is 0.338 e. The van der Waals surface area contributed by atoms with Gasteiger partial charge in [-0.2, -0.15) is 5.10 Å². The maximum atomic E-state index is 12.6. The quantitative estimate of drug-likeness (QED) is 0.212. The van der Waals surface area contributed by atoms with Gasteiger partial charge in [-0.25, -0.2) is 15.0 Å². The number of carbonyl (C=O) groups excluding carboxylic acids is 3. The van der Waals surface area contributed by atoms with Gasteiger partial charge in [0, 0.05) is 11.3 Å². The van der Waals surface area contributed by atoms with E-state index in [1.54, 1.807) is 50.2 Å². The van der Waals surface area contributed by atoms with Gasteiger partial charge < -0.3 is 34.3 Å². The van der Waals surface area contributed by atoms with E-state index < -0.39 is 23.9 Å². The van der Waals surface area contributed by atoms with Gasteiger partial charge in [0.05, 0.1) is 45.3 Å². The number of benzene rings is 2. The minimum absolute atomic E-state index is 0.186. The molecule has 1 atom stereocenters. The number of allylic oxidation sites excluding steroid dienone is 1. The molecule has 0 radical (unpaired) electrons. The molecular weight excluding hydrogens is 508 g/mol. The van der Waals surface area contributed by atoms with Crippen LogP contribution in [0.4, 0.5) is 4.79 Å². The molecule has 39 heavy (non-hydrogen) atoms. The van der Waals surface area contributed by atoms with E-state index in [-0.39, 0.29) is 24.5 Å². The second-order valence-corrected chi connectivity index (χ2v) is 8.09. The Kier molecular flexibility index (Phi) is 10.1. The minimum atomic E-state index is -0.767. The summed E-state index contributed by atoms with van der Waals surface area (Å²) in [4.78, 5) is 37.0. The Bertz CT molecular complexity index is 1270. The Morgan fingerprint density at radius 1 is 1.03 bits per heavy atom. The maximum Gasteiger partial charge on any atom is 0.338 e. The van der Waals surface area contributed by atoms with E-state index in [4.69, 9.17) is 23.7 Å². The van der Waals surface area contributed by atoms with Crippen LogP contribution in [-0.4, -0.2) is 58.2 Å². The number of para-hydroxylation sites is 1. The number of nitrogens with one attached hydrogen (secondary N) is 3. The molecule has 2 aromatic carbocycles. The summed E-state index contributed by atoms with van der Waals surface area (Å²) in [5, 5.41) is 9.29. The third-order valence-electron chi connectivity index (χ3n) is 5.56. The second kappa shape index (κ2) is 13.7. The van der Waals surface area contributed by atoms with Crippen molar-refractivity contribution in [3.63, 3.8) is 0 Å². The number of hydrazone groups is 1. The first-order valence-electron chi connectivity index (χ1n) is 12.2. The molecule has 0 saturated carbocycles. The number of hydrogen-bond donors (Lipinski definition) is 3. The van der Waals surface area contributed by atoms with Crippen LogP contribution in [-0.2, 0) is 14.3 Å². The first kappa shape index (κ1) is 28.8. The zero-order chi connectivity index (χ0) is 28.4. The number of methoxy groups -OCH3 is 2. The largest absolute Gasteiger partial charge is 0.493 e. The van der Waals surface area contributed by atoms with Crippen molar-refractivity contribution in [2.75, 3.05) is 34.0 Å². The van der Waals surface area contributed by atoms with Crippen LogP contribution in [0.3, 0.4) is 0 Å². The molecule has 3 N–H and O–H groups in total. The van der Waals surface area contributed by atoms with Gasteiger partial charge >= 0.3 is 12.0 Å². The molecule has 1 aliphatic heterocycles. The van der Waals surface area contributed by atoms with Gasteiger partial charge in [-0.3, -0.25) is 4.79 Å². The van der Waals surface area contributed by atoms with Crippen LogP contribution in [0, 0.1) is 0 Å². The molecule has 12 nitrogen and oxygen atoms in total. The summed E-state index contributed by atoms with van der Waals surface area (Å²) in [6.07, 6.45) is 1.45. The molecule has 2 aromatic rings. The lowest BCUT2D eigenvalue weighted by molar-refractivity contribution is -0.139. The SMILES string of the molecule is CCOC(=O)C1=C(C)NC(=O)N[C@@H]1c1ccc(OCC(=O)N/N=C/c2cccc(OC)c2OCC)c(OC)c1. The molecule has 0 fully saturated rings. The Labute approximate surface area is 226 Å². The third-order valence-corrected chi connectivity index (χ3v) is 5.56. The fraction of sp³-hybridized carbons (Fsp3) is 0.333. The molecule has 208 valence electrons. The predicted molar refractivity (Wildman–Crippen MR) is 142 cm³/mol. The van der Waals surface area contributed by atoms with Crippen LogP contribution < -0.4 is 35.0 Å². The van der Waals surface area contributed by atoms with Crippen molar-refractivity contribution in [3.05, 3.63) is 58.8 Å². The molecule has 0 aliphatic carbocycles. The summed E-state index contributed by atoms with van der Waals surface area (Å²) in [5.74, 6) is 0.594. The number of nitrogens with zero attached hydrogens (tertiary/aromatic N) is 1. The number of esters is 1. The molecule has 3 amide bonds. The molecule has 12 heteroatoms. The molecule has 0 spiro atoms. The van der Waals surface area contributed by atoms with Crippen molar-refractivity contribution in [1.82, 2.24) is 16.1 Å². The van der Waals surface area contributed by atoms with Crippen LogP contribution in [0.2, 0.25) is 0 Å². The predicted octanol–water partition coefficient (Wildman–Crippen LogP) is 2.82. The highest BCUT2D eigenvalue weighted by Gasteiger charge is 2.32. The summed E-state index contributed by atoms with van der Waals surface area (Å²) in [5.41, 5.74) is 4.26. The number of amides is 3. The van der Waals surface area contributed by atoms with Crippen molar-refractivity contribution < 1.29 is 38.1 Å². The average Bonchev–Trinajstić information content (AvgIpc) is 2.92. The van der Waals surface area contributed by atoms with Crippen molar-refractivity contribution in [1.29, 1.82) is 0 Å². The van der Waals surface area contributed by atoms with Gasteiger partial charge in [-0.15, -0.1) is 0 Å². The Morgan fingerprint density at radius 3 is 2.49 bits per heavy atom. The van der Waals surface area contributed by atoms with E-state index in [9.17, 15) is 14.4 Å². The lowest BCUT2D eigenvalue weighted by Crippen LogP contribution is -2.45. The number of hydrogen-bond acceptors (Lipinski definition) is 9. The van der Waals surface area contributed by atoms with E-state index in [0.717, 1.165) is 0 Å². The minimum Gasteiger partial charge on any atom is -0.493 e. The number of urea groups is 1. The fourth-order valence-electron chi connectivity index (χ4n) is 3.85. The summed E-state index contributed by atoms with van der Waals surface area (Å²) in [6, 6.07) is 8.97. The Hall–Kier alpha value is -4.74. The summed E-state index contributed by atoms with van der Waals surface area (Å²) in [7, 11) is 2.98. The zero-order valence-electron chi connectivity index (χ0n) is 22.5. The molecule has 1 heterocycles. The highest BCUT2D eigenvalue weighted by molar-refractivity contribution is 5.95. The van der Waals surface area contributed by atoms with E-state index in [1.807, 2.05) is 6.92 Å². The summed E-state index contributed by atoms with van der Waals surface area (Å²) >= 11 is 0. The van der Waals surface area contributed by atoms with Crippen LogP contribution in [0.15, 0.2) is 52.8 Å². The van der Waals surface area contributed by atoms with Gasteiger partial charge in [0.2, 0.25) is 0 Å². The molecule has 0 aromatic heterocycles. The van der Waals surface area contributed by atoms with Crippen LogP contribution in [0.25, 0.3) is 0 Å². The summed E-state index contributed by atoms with van der Waals surface area (Å²) in [6.45, 7) is 5.45. The van der Waals surface area contributed by atoms with Gasteiger partial charge in [0.25, 0.3) is 5.91 Å². The first-order chi connectivity index (χ1) is 18.8. The van der Waals surface area contributed by atoms with Crippen LogP contribution in [0.5, 0.6) is 23.0 Å². The van der Waals surface area contributed by atoms with Gasteiger partial charge in [-0.1, -0.05) is 12.1 Å². The average molecular weight is 541 g/mol. The van der Waals surface area contributed by atoms with Crippen molar-refractivity contribution in [2.24, 2.45) is 5.10 Å². The zero-order valence-corrected chi connectivity index (χ0v) is 22.5. The van der Waals surface area contributed by atoms with Crippen molar-refractivity contribution in [2.45, 2.75) is 26.8 Å². The van der Waals surface area contributed by atoms with E-state index in [1.165, 1.54) is 20.4 Å². The Balaban J connectivity index is 1.69. The highest BCUT2D eigenvalue weighted by Crippen LogP contribution is 2.34. The maximum absolute atomic E-state index is 12.6. The third kappa shape index (κ3) is 7.18. The molecule has 1 aliphatic rings. The highest BCUT2D eigenvalue weighted by atomic mass is 16.5. The monoisotopic (exact) mass is 540 g/mol. The molecule has 3 rings (SSSR count). The lowest BCUT2D eigenvalue weighted by atomic mass is 9.95. The van der Waals surface area contributed by atoms with Crippen LogP contribution >= 0.6 is 0 Å². The van der Waals surface area contributed by atoms with E-state index in [2.05, 4.69) is 21.2 Å². The number of rotatable bonds is 12. The molecular formula is C27H32N4O8. The molecule has 0 bridgehead atoms. The second-order valence-electron chi connectivity index (χ2n) is 8.09. The number of ether oxygens (including phenoxy) is 5. The topological polar surface area (TPSA) is 146 Å². The van der Waals surface area contributed by atoms with Crippen molar-refractivity contribution in [3.8, 4) is 23.0 Å². The molecule has 0 saturated heterocycles. The lowest BCUT2D eigenvalue weighted by Gasteiger charge is -2.28. The van der Waals surface area contributed by atoms with Crippen molar-refractivity contribution >= 4 is 24.1 Å². The normalized spacial score (nSPS) is 14.8. The van der Waals surface area contributed by atoms with Crippen LogP contribution in [0.1, 0.15) is 37.9 Å². The van der Waals surface area contributed by atoms with Gasteiger partial charge in [0.1, 0.15) is 0 Å². The van der Waals surface area contributed by atoms with Gasteiger partial charge in [0.15, 0.2) is 29.6 Å². The van der Waals surface area contributed by atoms with E-state index in [0.29, 0.717) is 40.7 Å². The Morgan fingerprint density at radius 2 is 1.79 bits per heavy atom. The fourth-order valence-corrected chi connectivity index (χ4v) is 3.85. The molecule has 0 unspecified atom stereocenters. The van der Waals surface area contributed by atoms with E-state index >= 15 is 0 Å². The standard InChI is InChI=1S/C27H32N4O8/c1-6-37-25-18(9-8-10-20(25)35-4)14-28-31-22(32)15-39-19-12-11-17(13-21(19)36-5)24-23(26(33)38-7-2)16(3)29-27(34)30-24/h8-14,24H,6-7,15H2,1-5H3,(H,31,32)(H2,29,30,34)/b28-14+/t24-/m1/s1.